The van der Waals surface area contributed by atoms with Crippen molar-refractivity contribution in [2.24, 2.45) is 5.92 Å². The predicted molar refractivity (Wildman–Crippen MR) is 60.4 cm³/mol. The highest BCUT2D eigenvalue weighted by molar-refractivity contribution is 5.84. The molecule has 0 spiro atoms. The highest BCUT2D eigenvalue weighted by Gasteiger charge is 2.33. The van der Waals surface area contributed by atoms with Crippen molar-refractivity contribution >= 4 is 11.9 Å². The Kier molecular flexibility index (Phi) is 3.78. The Labute approximate surface area is 100 Å². The van der Waals surface area contributed by atoms with Crippen LogP contribution >= 0.6 is 0 Å². The zero-order valence-corrected chi connectivity index (χ0v) is 9.67. The van der Waals surface area contributed by atoms with Crippen molar-refractivity contribution in [2.75, 3.05) is 19.8 Å². The number of aliphatic carboxylic acids is 1. The maximum atomic E-state index is 12.0. The van der Waals surface area contributed by atoms with Crippen molar-refractivity contribution in [3.05, 3.63) is 12.2 Å². The molecule has 1 aliphatic carbocycles. The van der Waals surface area contributed by atoms with Gasteiger partial charge in [0.2, 0.25) is 5.91 Å². The first-order chi connectivity index (χ1) is 8.18. The van der Waals surface area contributed by atoms with E-state index in [1.54, 1.807) is 0 Å². The van der Waals surface area contributed by atoms with Crippen LogP contribution in [0, 0.1) is 5.92 Å². The van der Waals surface area contributed by atoms with Gasteiger partial charge in [0, 0.05) is 13.0 Å². The van der Waals surface area contributed by atoms with Gasteiger partial charge in [-0.25, -0.2) is 4.79 Å². The van der Waals surface area contributed by atoms with Gasteiger partial charge in [0.15, 0.2) is 6.04 Å². The van der Waals surface area contributed by atoms with Crippen molar-refractivity contribution in [2.45, 2.75) is 25.3 Å². The maximum Gasteiger partial charge on any atom is 0.328 e. The van der Waals surface area contributed by atoms with Crippen LogP contribution in [-0.4, -0.2) is 47.7 Å². The molecule has 0 aromatic rings. The Hall–Kier alpha value is -1.36. The summed E-state index contributed by atoms with van der Waals surface area (Å²) >= 11 is 0. The Balaban J connectivity index is 1.95. The topological polar surface area (TPSA) is 66.8 Å². The Morgan fingerprint density at radius 1 is 1.47 bits per heavy atom. The van der Waals surface area contributed by atoms with Crippen molar-refractivity contribution in [3.63, 3.8) is 0 Å². The molecular weight excluding hydrogens is 222 g/mol. The minimum Gasteiger partial charge on any atom is -0.480 e. The van der Waals surface area contributed by atoms with Crippen molar-refractivity contribution in [1.82, 2.24) is 4.90 Å². The molecule has 0 bridgehead atoms. The van der Waals surface area contributed by atoms with Crippen LogP contribution in [0.15, 0.2) is 12.2 Å². The highest BCUT2D eigenvalue weighted by Crippen LogP contribution is 2.22. The van der Waals surface area contributed by atoms with Crippen molar-refractivity contribution in [1.29, 1.82) is 0 Å². The lowest BCUT2D eigenvalue weighted by Crippen LogP contribution is -2.52. The number of carbonyl (C=O) groups is 2. The quantitative estimate of drug-likeness (QED) is 0.734. The predicted octanol–water partition coefficient (Wildman–Crippen LogP) is 0.655. The zero-order valence-electron chi connectivity index (χ0n) is 9.67. The Morgan fingerprint density at radius 2 is 2.29 bits per heavy atom. The van der Waals surface area contributed by atoms with Crippen LogP contribution in [0.25, 0.3) is 0 Å². The van der Waals surface area contributed by atoms with Gasteiger partial charge in [0.25, 0.3) is 0 Å². The molecule has 5 heteroatoms. The van der Waals surface area contributed by atoms with E-state index in [0.717, 1.165) is 12.8 Å². The molecule has 0 aromatic carbocycles. The second kappa shape index (κ2) is 5.31. The number of morpholine rings is 1. The fraction of sp³-hybridized carbons (Fsp3) is 0.667. The standard InChI is InChI=1S/C12H17NO4/c14-11(7-9-3-1-2-4-9)13-5-6-17-8-10(13)12(15)16/h1,3,9-10H,2,4-8H2,(H,15,16)/t9-,10+/m1/s1. The fourth-order valence-electron chi connectivity index (χ4n) is 2.31. The summed E-state index contributed by atoms with van der Waals surface area (Å²) < 4.78 is 5.11. The molecule has 1 N–H and O–H groups in total. The molecule has 0 radical (unpaired) electrons. The summed E-state index contributed by atoms with van der Waals surface area (Å²) in [5.41, 5.74) is 0. The van der Waals surface area contributed by atoms with Gasteiger partial charge in [-0.1, -0.05) is 12.2 Å². The van der Waals surface area contributed by atoms with Gasteiger partial charge in [-0.05, 0) is 18.8 Å². The lowest BCUT2D eigenvalue weighted by Gasteiger charge is -2.33. The van der Waals surface area contributed by atoms with E-state index in [2.05, 4.69) is 6.08 Å². The third-order valence-electron chi connectivity index (χ3n) is 3.28. The van der Waals surface area contributed by atoms with E-state index in [9.17, 15) is 9.59 Å². The number of amides is 1. The smallest absolute Gasteiger partial charge is 0.328 e. The lowest BCUT2D eigenvalue weighted by atomic mass is 10.0. The molecule has 1 amide bonds. The van der Waals surface area contributed by atoms with E-state index >= 15 is 0 Å². The summed E-state index contributed by atoms with van der Waals surface area (Å²) in [7, 11) is 0. The summed E-state index contributed by atoms with van der Waals surface area (Å²) in [6.45, 7) is 0.907. The van der Waals surface area contributed by atoms with Crippen LogP contribution in [0.3, 0.4) is 0 Å². The minimum absolute atomic E-state index is 0.0720. The fourth-order valence-corrected chi connectivity index (χ4v) is 2.31. The van der Waals surface area contributed by atoms with Gasteiger partial charge in [0.05, 0.1) is 13.2 Å². The van der Waals surface area contributed by atoms with Crippen molar-refractivity contribution < 1.29 is 19.4 Å². The first-order valence-corrected chi connectivity index (χ1v) is 5.95. The van der Waals surface area contributed by atoms with E-state index in [1.165, 1.54) is 4.90 Å². The molecule has 0 unspecified atom stereocenters. The molecule has 17 heavy (non-hydrogen) atoms. The number of hydrogen-bond acceptors (Lipinski definition) is 3. The Bertz CT molecular complexity index is 339. The normalized spacial score (nSPS) is 28.4. The molecule has 1 fully saturated rings. The second-order valence-electron chi connectivity index (χ2n) is 4.49. The SMILES string of the molecule is O=C(O)[C@@H]1COCCN1C(=O)C[C@@H]1C=CCC1. The van der Waals surface area contributed by atoms with Crippen LogP contribution in [0.5, 0.6) is 0 Å². The van der Waals surface area contributed by atoms with Gasteiger partial charge in [-0.3, -0.25) is 4.79 Å². The van der Waals surface area contributed by atoms with Gasteiger partial charge in [-0.15, -0.1) is 0 Å². The van der Waals surface area contributed by atoms with E-state index in [4.69, 9.17) is 9.84 Å². The molecule has 0 saturated carbocycles. The van der Waals surface area contributed by atoms with E-state index in [-0.39, 0.29) is 18.4 Å². The number of ether oxygens (including phenoxy) is 1. The van der Waals surface area contributed by atoms with E-state index in [0.29, 0.717) is 19.6 Å². The molecular formula is C12H17NO4. The number of nitrogens with zero attached hydrogens (tertiary/aromatic N) is 1. The van der Waals surface area contributed by atoms with Crippen LogP contribution < -0.4 is 0 Å². The second-order valence-corrected chi connectivity index (χ2v) is 4.49. The molecule has 1 aliphatic heterocycles. The third kappa shape index (κ3) is 2.85. The maximum absolute atomic E-state index is 12.0. The average Bonchev–Trinajstić information content (AvgIpc) is 2.81. The largest absolute Gasteiger partial charge is 0.480 e. The summed E-state index contributed by atoms with van der Waals surface area (Å²) in [6.07, 6.45) is 6.55. The Morgan fingerprint density at radius 3 is 2.94 bits per heavy atom. The molecule has 2 rings (SSSR count). The molecule has 94 valence electrons. The van der Waals surface area contributed by atoms with E-state index in [1.807, 2.05) is 6.08 Å². The molecule has 0 aromatic heterocycles. The minimum atomic E-state index is -0.986. The third-order valence-corrected chi connectivity index (χ3v) is 3.28. The molecule has 2 atom stereocenters. The summed E-state index contributed by atoms with van der Waals surface area (Å²) in [5.74, 6) is -0.781. The number of carboxylic acids is 1. The van der Waals surface area contributed by atoms with Crippen LogP contribution in [0.1, 0.15) is 19.3 Å². The molecule has 2 aliphatic rings. The van der Waals surface area contributed by atoms with Gasteiger partial charge < -0.3 is 14.7 Å². The summed E-state index contributed by atoms with van der Waals surface area (Å²) in [6, 6.07) is -0.818. The summed E-state index contributed by atoms with van der Waals surface area (Å²) in [4.78, 5) is 24.5. The number of hydrogen-bond donors (Lipinski definition) is 1. The number of rotatable bonds is 3. The van der Waals surface area contributed by atoms with Crippen LogP contribution in [0.4, 0.5) is 0 Å². The number of carboxylic acid groups (broad SMARTS) is 1. The summed E-state index contributed by atoms with van der Waals surface area (Å²) in [5, 5.41) is 9.03. The van der Waals surface area contributed by atoms with E-state index < -0.39 is 12.0 Å². The van der Waals surface area contributed by atoms with Crippen LogP contribution in [-0.2, 0) is 14.3 Å². The average molecular weight is 239 g/mol. The zero-order chi connectivity index (χ0) is 12.3. The first kappa shape index (κ1) is 12.1. The number of carbonyl (C=O) groups excluding carboxylic acids is 1. The first-order valence-electron chi connectivity index (χ1n) is 5.95. The molecule has 1 saturated heterocycles. The molecule has 5 nitrogen and oxygen atoms in total. The van der Waals surface area contributed by atoms with Crippen LogP contribution in [0.2, 0.25) is 0 Å². The monoisotopic (exact) mass is 239 g/mol. The highest BCUT2D eigenvalue weighted by atomic mass is 16.5. The van der Waals surface area contributed by atoms with Crippen molar-refractivity contribution in [3.8, 4) is 0 Å². The lowest BCUT2D eigenvalue weighted by molar-refractivity contribution is -0.158. The molecule has 1 heterocycles. The van der Waals surface area contributed by atoms with Gasteiger partial charge >= 0.3 is 5.97 Å². The van der Waals surface area contributed by atoms with Gasteiger partial charge in [-0.2, -0.15) is 0 Å². The number of allylic oxidation sites excluding steroid dienone is 2. The van der Waals surface area contributed by atoms with Gasteiger partial charge in [0.1, 0.15) is 0 Å².